The molecule has 3 heteroatoms. The summed E-state index contributed by atoms with van der Waals surface area (Å²) in [5.41, 5.74) is 5.37. The van der Waals surface area contributed by atoms with Crippen LogP contribution in [-0.2, 0) is 0 Å². The lowest BCUT2D eigenvalue weighted by molar-refractivity contribution is 0.304. The summed E-state index contributed by atoms with van der Waals surface area (Å²) in [6.45, 7) is 9.43. The van der Waals surface area contributed by atoms with Crippen LogP contribution in [0.3, 0.4) is 0 Å². The van der Waals surface area contributed by atoms with Crippen LogP contribution in [0.5, 0.6) is 11.5 Å². The summed E-state index contributed by atoms with van der Waals surface area (Å²) >= 11 is 0. The van der Waals surface area contributed by atoms with E-state index in [0.717, 1.165) is 31.6 Å². The van der Waals surface area contributed by atoms with E-state index >= 15 is 0 Å². The Kier molecular flexibility index (Phi) is 16.8. The van der Waals surface area contributed by atoms with Crippen molar-refractivity contribution in [3.63, 3.8) is 0 Å². The van der Waals surface area contributed by atoms with E-state index in [1.165, 1.54) is 0 Å². The van der Waals surface area contributed by atoms with Gasteiger partial charge < -0.3 is 15.6 Å². The maximum absolute atomic E-state index is 9.16. The molecule has 0 saturated carbocycles. The van der Waals surface area contributed by atoms with E-state index in [0.29, 0.717) is 6.61 Å². The number of rotatable bonds is 6. The molecule has 0 unspecified atom stereocenters. The van der Waals surface area contributed by atoms with Crippen LogP contribution in [0.4, 0.5) is 0 Å². The van der Waals surface area contributed by atoms with E-state index in [-0.39, 0.29) is 5.75 Å². The molecular weight excluding hydrogens is 226 g/mol. The molecule has 0 amide bonds. The molecule has 0 spiro atoms. The summed E-state index contributed by atoms with van der Waals surface area (Å²) in [5, 5.41) is 9.16. The van der Waals surface area contributed by atoms with Crippen molar-refractivity contribution in [2.45, 2.75) is 47.0 Å². The highest BCUT2D eigenvalue weighted by Gasteiger charge is 1.94. The Labute approximate surface area is 112 Å². The fourth-order valence-electron chi connectivity index (χ4n) is 1.19. The lowest BCUT2D eigenvalue weighted by Crippen LogP contribution is -2.01. The summed E-state index contributed by atoms with van der Waals surface area (Å²) in [4.78, 5) is 0. The first kappa shape index (κ1) is 19.1. The minimum absolute atomic E-state index is 0.240. The third-order valence-corrected chi connectivity index (χ3v) is 1.93. The van der Waals surface area contributed by atoms with Gasteiger partial charge in [-0.25, -0.2) is 0 Å². The van der Waals surface area contributed by atoms with Crippen molar-refractivity contribution >= 4 is 0 Å². The van der Waals surface area contributed by atoms with Gasteiger partial charge in [-0.15, -0.1) is 0 Å². The molecule has 0 aliphatic rings. The summed E-state index contributed by atoms with van der Waals surface area (Å²) in [6.07, 6.45) is 3.14. The maximum Gasteiger partial charge on any atom is 0.122 e. The van der Waals surface area contributed by atoms with Crippen molar-refractivity contribution in [2.24, 2.45) is 5.73 Å². The maximum atomic E-state index is 9.16. The van der Waals surface area contributed by atoms with E-state index in [1.54, 1.807) is 18.2 Å². The molecule has 0 atom stereocenters. The molecule has 0 bridgehead atoms. The van der Waals surface area contributed by atoms with Gasteiger partial charge in [-0.3, -0.25) is 0 Å². The molecule has 3 N–H and O–H groups in total. The van der Waals surface area contributed by atoms with Crippen molar-refractivity contribution < 1.29 is 9.84 Å². The normalized spacial score (nSPS) is 8.50. The van der Waals surface area contributed by atoms with Crippen molar-refractivity contribution in [2.75, 3.05) is 13.2 Å². The average Bonchev–Trinajstić information content (AvgIpc) is 2.43. The van der Waals surface area contributed by atoms with Crippen LogP contribution in [0, 0.1) is 0 Å². The lowest BCUT2D eigenvalue weighted by atomic mass is 10.2. The Balaban J connectivity index is 0. The zero-order valence-electron chi connectivity index (χ0n) is 12.3. The predicted molar refractivity (Wildman–Crippen MR) is 79.2 cm³/mol. The van der Waals surface area contributed by atoms with Gasteiger partial charge in [0.05, 0.1) is 6.61 Å². The smallest absolute Gasteiger partial charge is 0.122 e. The van der Waals surface area contributed by atoms with Crippen LogP contribution in [0.1, 0.15) is 47.0 Å². The summed E-state index contributed by atoms with van der Waals surface area (Å²) in [6, 6.07) is 6.84. The Morgan fingerprint density at radius 2 is 1.72 bits per heavy atom. The summed E-state index contributed by atoms with van der Waals surface area (Å²) in [7, 11) is 0. The van der Waals surface area contributed by atoms with Crippen LogP contribution in [0.15, 0.2) is 24.3 Å². The first-order valence-corrected chi connectivity index (χ1v) is 6.95. The van der Waals surface area contributed by atoms with E-state index < -0.39 is 0 Å². The SMILES string of the molecule is CC.CC.NCCCCCOc1cccc(O)c1. The monoisotopic (exact) mass is 255 g/mol. The topological polar surface area (TPSA) is 55.5 Å². The third-order valence-electron chi connectivity index (χ3n) is 1.93. The molecule has 3 nitrogen and oxygen atoms in total. The van der Waals surface area contributed by atoms with E-state index in [9.17, 15) is 0 Å². The van der Waals surface area contributed by atoms with Gasteiger partial charge in [0, 0.05) is 6.07 Å². The van der Waals surface area contributed by atoms with E-state index in [1.807, 2.05) is 33.8 Å². The Morgan fingerprint density at radius 3 is 2.28 bits per heavy atom. The molecule has 106 valence electrons. The fraction of sp³-hybridized carbons (Fsp3) is 0.600. The number of phenols is 1. The molecule has 0 saturated heterocycles. The molecule has 0 aliphatic carbocycles. The lowest BCUT2D eigenvalue weighted by Gasteiger charge is -2.05. The number of ether oxygens (including phenoxy) is 1. The van der Waals surface area contributed by atoms with E-state index in [4.69, 9.17) is 15.6 Å². The molecule has 0 heterocycles. The molecule has 0 radical (unpaired) electrons. The van der Waals surface area contributed by atoms with Gasteiger partial charge in [-0.1, -0.05) is 33.8 Å². The molecule has 1 rings (SSSR count). The van der Waals surface area contributed by atoms with E-state index in [2.05, 4.69) is 0 Å². The third kappa shape index (κ3) is 11.3. The number of phenolic OH excluding ortho intramolecular Hbond substituents is 1. The number of aromatic hydroxyl groups is 1. The highest BCUT2D eigenvalue weighted by Crippen LogP contribution is 2.17. The minimum Gasteiger partial charge on any atom is -0.508 e. The van der Waals surface area contributed by atoms with Gasteiger partial charge in [0.1, 0.15) is 11.5 Å². The Morgan fingerprint density at radius 1 is 1.06 bits per heavy atom. The van der Waals surface area contributed by atoms with Gasteiger partial charge in [0.25, 0.3) is 0 Å². The average molecular weight is 255 g/mol. The van der Waals surface area contributed by atoms with Gasteiger partial charge in [0.2, 0.25) is 0 Å². The Hall–Kier alpha value is -1.22. The van der Waals surface area contributed by atoms with Crippen LogP contribution < -0.4 is 10.5 Å². The molecule has 1 aromatic carbocycles. The zero-order valence-corrected chi connectivity index (χ0v) is 12.3. The van der Waals surface area contributed by atoms with Crippen LogP contribution in [0.2, 0.25) is 0 Å². The molecular formula is C15H29NO2. The van der Waals surface area contributed by atoms with Crippen molar-refractivity contribution in [3.8, 4) is 11.5 Å². The molecule has 18 heavy (non-hydrogen) atoms. The molecule has 0 aromatic heterocycles. The first-order chi connectivity index (χ1) is 8.83. The molecule has 0 aliphatic heterocycles. The largest absolute Gasteiger partial charge is 0.508 e. The first-order valence-electron chi connectivity index (χ1n) is 6.95. The van der Waals surface area contributed by atoms with Crippen LogP contribution >= 0.6 is 0 Å². The second-order valence-corrected chi connectivity index (χ2v) is 3.20. The summed E-state index contributed by atoms with van der Waals surface area (Å²) in [5.74, 6) is 0.960. The second kappa shape index (κ2) is 15.8. The molecule has 0 fully saturated rings. The number of unbranched alkanes of at least 4 members (excludes halogenated alkanes) is 2. The second-order valence-electron chi connectivity index (χ2n) is 3.20. The van der Waals surface area contributed by atoms with Crippen LogP contribution in [0.25, 0.3) is 0 Å². The van der Waals surface area contributed by atoms with Gasteiger partial charge in [0.15, 0.2) is 0 Å². The predicted octanol–water partition coefficient (Wildman–Crippen LogP) is 3.95. The zero-order chi connectivity index (χ0) is 14.2. The van der Waals surface area contributed by atoms with Gasteiger partial charge >= 0.3 is 0 Å². The molecule has 1 aromatic rings. The quantitative estimate of drug-likeness (QED) is 0.757. The number of nitrogens with two attached hydrogens (primary N) is 1. The minimum atomic E-state index is 0.240. The van der Waals surface area contributed by atoms with Crippen molar-refractivity contribution in [1.82, 2.24) is 0 Å². The highest BCUT2D eigenvalue weighted by atomic mass is 16.5. The fourth-order valence-corrected chi connectivity index (χ4v) is 1.19. The van der Waals surface area contributed by atoms with Gasteiger partial charge in [-0.05, 0) is 37.9 Å². The van der Waals surface area contributed by atoms with Crippen LogP contribution in [-0.4, -0.2) is 18.3 Å². The number of hydrogen-bond acceptors (Lipinski definition) is 3. The number of hydrogen-bond donors (Lipinski definition) is 2. The Bertz CT molecular complexity index is 264. The highest BCUT2D eigenvalue weighted by molar-refractivity contribution is 5.31. The van der Waals surface area contributed by atoms with Gasteiger partial charge in [-0.2, -0.15) is 0 Å². The number of benzene rings is 1. The summed E-state index contributed by atoms with van der Waals surface area (Å²) < 4.78 is 5.43. The van der Waals surface area contributed by atoms with Crippen molar-refractivity contribution in [3.05, 3.63) is 24.3 Å². The van der Waals surface area contributed by atoms with Crippen molar-refractivity contribution in [1.29, 1.82) is 0 Å². The standard InChI is InChI=1S/C11H17NO2.2C2H6/c12-7-2-1-3-8-14-11-6-4-5-10(13)9-11;2*1-2/h4-6,9,13H,1-3,7-8,12H2;2*1-2H3.